The Kier molecular flexibility index (Phi) is 6.25. The number of nitrogens with one attached hydrogen (secondary N) is 2. The molecule has 0 atom stereocenters. The maximum atomic E-state index is 12.7. The van der Waals surface area contributed by atoms with Gasteiger partial charge in [-0.3, -0.25) is 9.59 Å². The summed E-state index contributed by atoms with van der Waals surface area (Å²) in [6.07, 6.45) is 1.54. The first-order chi connectivity index (χ1) is 13.5. The molecule has 0 aliphatic carbocycles. The molecule has 5 heteroatoms. The number of benzene rings is 3. The summed E-state index contributed by atoms with van der Waals surface area (Å²) in [5, 5.41) is 6.67. The van der Waals surface area contributed by atoms with Crippen LogP contribution in [0.1, 0.15) is 22.8 Å². The fourth-order valence-electron chi connectivity index (χ4n) is 2.67. The lowest BCUT2D eigenvalue weighted by atomic mass is 10.1. The molecular formula is C23H19ClN2O2. The molecule has 3 aromatic rings. The lowest BCUT2D eigenvalue weighted by Crippen LogP contribution is -2.10. The molecule has 3 rings (SSSR count). The number of rotatable bonds is 6. The van der Waals surface area contributed by atoms with Crippen LogP contribution < -0.4 is 10.6 Å². The van der Waals surface area contributed by atoms with Crippen molar-refractivity contribution < 1.29 is 9.59 Å². The quantitative estimate of drug-likeness (QED) is 0.423. The Hall–Kier alpha value is -3.37. The molecular weight excluding hydrogens is 372 g/mol. The fourth-order valence-corrected chi connectivity index (χ4v) is 2.80. The van der Waals surface area contributed by atoms with E-state index >= 15 is 0 Å². The van der Waals surface area contributed by atoms with Crippen molar-refractivity contribution in [2.45, 2.75) is 6.92 Å². The van der Waals surface area contributed by atoms with Gasteiger partial charge >= 0.3 is 0 Å². The van der Waals surface area contributed by atoms with Crippen LogP contribution in [-0.2, 0) is 4.79 Å². The Labute approximate surface area is 168 Å². The zero-order valence-corrected chi connectivity index (χ0v) is 16.0. The fraction of sp³-hybridized carbons (Fsp3) is 0.0435. The highest BCUT2D eigenvalue weighted by Crippen LogP contribution is 2.27. The summed E-state index contributed by atoms with van der Waals surface area (Å²) in [5.41, 5.74) is 3.29. The minimum absolute atomic E-state index is 0.130. The molecule has 0 aliphatic heterocycles. The number of amides is 1. The number of ketones is 1. The van der Waals surface area contributed by atoms with Crippen molar-refractivity contribution in [2.24, 2.45) is 0 Å². The third-order valence-corrected chi connectivity index (χ3v) is 4.25. The molecule has 0 aliphatic rings. The number of hydrogen-bond donors (Lipinski definition) is 2. The summed E-state index contributed by atoms with van der Waals surface area (Å²) < 4.78 is 0. The van der Waals surface area contributed by atoms with Crippen LogP contribution in [0.5, 0.6) is 0 Å². The van der Waals surface area contributed by atoms with Crippen molar-refractivity contribution in [1.29, 1.82) is 0 Å². The van der Waals surface area contributed by atoms with Crippen molar-refractivity contribution in [3.63, 3.8) is 0 Å². The lowest BCUT2D eigenvalue weighted by Gasteiger charge is -2.15. The summed E-state index contributed by atoms with van der Waals surface area (Å²) in [4.78, 5) is 24.2. The SMILES string of the molecule is CC(=O)Nc1ccccc1NC(=CC(=O)c1ccccc1)c1ccc(Cl)cc1. The van der Waals surface area contributed by atoms with Gasteiger partial charge in [0.25, 0.3) is 0 Å². The topological polar surface area (TPSA) is 58.2 Å². The first kappa shape index (κ1) is 19.4. The van der Waals surface area contributed by atoms with Gasteiger partial charge in [0.2, 0.25) is 5.91 Å². The number of anilines is 2. The Balaban J connectivity index is 2.00. The molecule has 2 N–H and O–H groups in total. The van der Waals surface area contributed by atoms with E-state index in [4.69, 9.17) is 11.6 Å². The van der Waals surface area contributed by atoms with Crippen molar-refractivity contribution in [3.05, 3.63) is 101 Å². The van der Waals surface area contributed by atoms with Gasteiger partial charge in [-0.2, -0.15) is 0 Å². The van der Waals surface area contributed by atoms with Crippen LogP contribution in [0.25, 0.3) is 5.70 Å². The molecule has 0 heterocycles. The number of hydrogen-bond acceptors (Lipinski definition) is 3. The number of carbonyl (C=O) groups excluding carboxylic acids is 2. The smallest absolute Gasteiger partial charge is 0.221 e. The first-order valence-electron chi connectivity index (χ1n) is 8.73. The van der Waals surface area contributed by atoms with Crippen LogP contribution >= 0.6 is 11.6 Å². The van der Waals surface area contributed by atoms with Crippen molar-refractivity contribution in [2.75, 3.05) is 10.6 Å². The van der Waals surface area contributed by atoms with Crippen LogP contribution in [0.3, 0.4) is 0 Å². The Morgan fingerprint density at radius 3 is 1.93 bits per heavy atom. The molecule has 0 aromatic heterocycles. The second-order valence-corrected chi connectivity index (χ2v) is 6.58. The number of para-hydroxylation sites is 2. The maximum Gasteiger partial charge on any atom is 0.221 e. The standard InChI is InChI=1S/C23H19ClN2O2/c1-16(27)25-20-9-5-6-10-21(20)26-22(17-11-13-19(24)14-12-17)15-23(28)18-7-3-2-4-8-18/h2-15,26H,1H3,(H,25,27). The van der Waals surface area contributed by atoms with Gasteiger partial charge in [-0.05, 0) is 29.8 Å². The second-order valence-electron chi connectivity index (χ2n) is 6.15. The van der Waals surface area contributed by atoms with E-state index in [0.29, 0.717) is 27.7 Å². The summed E-state index contributed by atoms with van der Waals surface area (Å²) in [7, 11) is 0. The van der Waals surface area contributed by atoms with Gasteiger partial charge in [0.05, 0.1) is 11.4 Å². The van der Waals surface area contributed by atoms with Gasteiger partial charge in [-0.25, -0.2) is 0 Å². The number of halogens is 1. The van der Waals surface area contributed by atoms with E-state index in [1.807, 2.05) is 48.5 Å². The predicted octanol–water partition coefficient (Wildman–Crippen LogP) is 5.63. The van der Waals surface area contributed by atoms with Gasteiger partial charge in [0.15, 0.2) is 5.78 Å². The van der Waals surface area contributed by atoms with Gasteiger partial charge in [-0.15, -0.1) is 0 Å². The van der Waals surface area contributed by atoms with Gasteiger partial charge in [0.1, 0.15) is 0 Å². The van der Waals surface area contributed by atoms with Gasteiger partial charge < -0.3 is 10.6 Å². The summed E-state index contributed by atoms with van der Waals surface area (Å²) in [6, 6.07) is 23.5. The zero-order valence-electron chi connectivity index (χ0n) is 15.3. The van der Waals surface area contributed by atoms with Gasteiger partial charge in [-0.1, -0.05) is 66.2 Å². The highest BCUT2D eigenvalue weighted by atomic mass is 35.5. The van der Waals surface area contributed by atoms with E-state index < -0.39 is 0 Å². The summed E-state index contributed by atoms with van der Waals surface area (Å²) in [6.45, 7) is 1.45. The third kappa shape index (κ3) is 5.09. The molecule has 0 spiro atoms. The van der Waals surface area contributed by atoms with Crippen LogP contribution in [0.15, 0.2) is 84.9 Å². The maximum absolute atomic E-state index is 12.7. The average Bonchev–Trinajstić information content (AvgIpc) is 2.70. The minimum Gasteiger partial charge on any atom is -0.353 e. The van der Waals surface area contributed by atoms with Crippen LogP contribution in [-0.4, -0.2) is 11.7 Å². The normalized spacial score (nSPS) is 11.0. The summed E-state index contributed by atoms with van der Waals surface area (Å²) >= 11 is 6.01. The van der Waals surface area contributed by atoms with E-state index in [0.717, 1.165) is 5.56 Å². The van der Waals surface area contributed by atoms with Crippen molar-refractivity contribution in [3.8, 4) is 0 Å². The van der Waals surface area contributed by atoms with Crippen LogP contribution in [0, 0.1) is 0 Å². The van der Waals surface area contributed by atoms with E-state index in [2.05, 4.69) is 10.6 Å². The molecule has 0 saturated heterocycles. The van der Waals surface area contributed by atoms with Crippen LogP contribution in [0.2, 0.25) is 5.02 Å². The minimum atomic E-state index is -0.174. The van der Waals surface area contributed by atoms with Gasteiger partial charge in [0, 0.05) is 29.3 Å². The van der Waals surface area contributed by atoms with E-state index in [-0.39, 0.29) is 11.7 Å². The Bertz CT molecular complexity index is 1010. The van der Waals surface area contributed by atoms with Crippen molar-refractivity contribution in [1.82, 2.24) is 0 Å². The molecule has 28 heavy (non-hydrogen) atoms. The predicted molar refractivity (Wildman–Crippen MR) is 115 cm³/mol. The Morgan fingerprint density at radius 2 is 1.32 bits per heavy atom. The molecule has 0 unspecified atom stereocenters. The molecule has 0 radical (unpaired) electrons. The zero-order chi connectivity index (χ0) is 19.9. The van der Waals surface area contributed by atoms with Crippen molar-refractivity contribution >= 4 is 40.4 Å². The largest absolute Gasteiger partial charge is 0.353 e. The lowest BCUT2D eigenvalue weighted by molar-refractivity contribution is -0.114. The molecule has 140 valence electrons. The highest BCUT2D eigenvalue weighted by Gasteiger charge is 2.10. The molecule has 0 bridgehead atoms. The molecule has 1 amide bonds. The average molecular weight is 391 g/mol. The second kappa shape index (κ2) is 9.02. The van der Waals surface area contributed by atoms with Crippen LogP contribution in [0.4, 0.5) is 11.4 Å². The molecule has 0 fully saturated rings. The molecule has 0 saturated carbocycles. The first-order valence-corrected chi connectivity index (χ1v) is 9.11. The molecule has 3 aromatic carbocycles. The number of allylic oxidation sites excluding steroid dienone is 1. The monoisotopic (exact) mass is 390 g/mol. The third-order valence-electron chi connectivity index (χ3n) is 4.00. The van der Waals surface area contributed by atoms with E-state index in [9.17, 15) is 9.59 Å². The highest BCUT2D eigenvalue weighted by molar-refractivity contribution is 6.30. The number of carbonyl (C=O) groups is 2. The summed E-state index contributed by atoms with van der Waals surface area (Å²) in [5.74, 6) is -0.304. The van der Waals surface area contributed by atoms with E-state index in [1.54, 1.807) is 36.4 Å². The molecule has 4 nitrogen and oxygen atoms in total. The van der Waals surface area contributed by atoms with E-state index in [1.165, 1.54) is 6.92 Å². The Morgan fingerprint density at radius 1 is 0.750 bits per heavy atom.